The molecule has 0 saturated heterocycles. The predicted molar refractivity (Wildman–Crippen MR) is 65.3 cm³/mol. The zero-order valence-corrected chi connectivity index (χ0v) is 10.7. The molecule has 1 N–H and O–H groups in total. The van der Waals surface area contributed by atoms with Gasteiger partial charge in [0, 0.05) is 6.42 Å². The molecule has 0 aromatic heterocycles. The predicted octanol–water partition coefficient (Wildman–Crippen LogP) is 1.66. The Bertz CT molecular complexity index is 310. The summed E-state index contributed by atoms with van der Waals surface area (Å²) in [5.41, 5.74) is 0. The average Bonchev–Trinajstić information content (AvgIpc) is 2.77. The molecule has 1 aliphatic carbocycles. The lowest BCUT2D eigenvalue weighted by atomic mass is 10.0. The van der Waals surface area contributed by atoms with E-state index in [1.165, 1.54) is 7.11 Å². The van der Waals surface area contributed by atoms with Crippen LogP contribution in [-0.4, -0.2) is 25.0 Å². The first-order valence-corrected chi connectivity index (χ1v) is 6.08. The molecule has 0 aromatic rings. The van der Waals surface area contributed by atoms with Crippen molar-refractivity contribution in [3.05, 3.63) is 12.2 Å². The standard InChI is InChI=1S/C13H21NO3/c1-9(2)12(13(16)17-3)14-11(15)8-10-6-4-5-7-10/h4,6,9-10,12H,5,7-8H2,1-3H3,(H,14,15). The van der Waals surface area contributed by atoms with Crippen molar-refractivity contribution >= 4 is 11.9 Å². The van der Waals surface area contributed by atoms with Crippen molar-refractivity contribution in [3.8, 4) is 0 Å². The number of carbonyl (C=O) groups is 2. The molecule has 0 aromatic carbocycles. The van der Waals surface area contributed by atoms with Crippen molar-refractivity contribution in [2.24, 2.45) is 11.8 Å². The lowest BCUT2D eigenvalue weighted by Gasteiger charge is -2.20. The molecule has 4 nitrogen and oxygen atoms in total. The fourth-order valence-electron chi connectivity index (χ4n) is 1.96. The van der Waals surface area contributed by atoms with Crippen LogP contribution in [0.2, 0.25) is 0 Å². The third-order valence-corrected chi connectivity index (χ3v) is 3.00. The van der Waals surface area contributed by atoms with Crippen LogP contribution in [0.15, 0.2) is 12.2 Å². The van der Waals surface area contributed by atoms with Crippen LogP contribution in [0.4, 0.5) is 0 Å². The van der Waals surface area contributed by atoms with E-state index in [4.69, 9.17) is 0 Å². The van der Waals surface area contributed by atoms with Crippen molar-refractivity contribution in [1.29, 1.82) is 0 Å². The minimum absolute atomic E-state index is 0.0329. The van der Waals surface area contributed by atoms with Gasteiger partial charge in [-0.15, -0.1) is 0 Å². The molecule has 96 valence electrons. The summed E-state index contributed by atoms with van der Waals surface area (Å²) < 4.78 is 4.68. The molecule has 2 atom stereocenters. The number of rotatable bonds is 5. The van der Waals surface area contributed by atoms with Crippen molar-refractivity contribution in [2.45, 2.75) is 39.2 Å². The number of carbonyl (C=O) groups excluding carboxylic acids is 2. The number of esters is 1. The molecule has 2 unspecified atom stereocenters. The summed E-state index contributed by atoms with van der Waals surface area (Å²) in [6.07, 6.45) is 6.69. The van der Waals surface area contributed by atoms with Crippen molar-refractivity contribution in [1.82, 2.24) is 5.32 Å². The van der Waals surface area contributed by atoms with E-state index < -0.39 is 6.04 Å². The Kier molecular flexibility index (Phi) is 5.19. The summed E-state index contributed by atoms with van der Waals surface area (Å²) in [6.45, 7) is 3.77. The molecule has 1 amide bonds. The Labute approximate surface area is 102 Å². The van der Waals surface area contributed by atoms with Crippen molar-refractivity contribution in [2.75, 3.05) is 7.11 Å². The second-order valence-corrected chi connectivity index (χ2v) is 4.78. The molecule has 1 aliphatic rings. The topological polar surface area (TPSA) is 55.4 Å². The van der Waals surface area contributed by atoms with Crippen molar-refractivity contribution < 1.29 is 14.3 Å². The normalized spacial score (nSPS) is 20.4. The molecule has 0 heterocycles. The molecule has 0 radical (unpaired) electrons. The highest BCUT2D eigenvalue weighted by Crippen LogP contribution is 2.20. The quantitative estimate of drug-likeness (QED) is 0.586. The molecule has 4 heteroatoms. The highest BCUT2D eigenvalue weighted by atomic mass is 16.5. The SMILES string of the molecule is COC(=O)C(NC(=O)CC1C=CCC1)C(C)C. The fraction of sp³-hybridized carbons (Fsp3) is 0.692. The molecule has 17 heavy (non-hydrogen) atoms. The van der Waals surface area contributed by atoms with Gasteiger partial charge < -0.3 is 10.1 Å². The summed E-state index contributed by atoms with van der Waals surface area (Å²) in [7, 11) is 1.34. The van der Waals surface area contributed by atoms with Gasteiger partial charge in [-0.3, -0.25) is 4.79 Å². The van der Waals surface area contributed by atoms with Crippen LogP contribution < -0.4 is 5.32 Å². The largest absolute Gasteiger partial charge is 0.467 e. The van der Waals surface area contributed by atoms with Crippen LogP contribution in [0.3, 0.4) is 0 Å². The van der Waals surface area contributed by atoms with E-state index in [0.29, 0.717) is 12.3 Å². The van der Waals surface area contributed by atoms with E-state index in [1.807, 2.05) is 13.8 Å². The van der Waals surface area contributed by atoms with E-state index in [1.54, 1.807) is 0 Å². The zero-order valence-electron chi connectivity index (χ0n) is 10.7. The zero-order chi connectivity index (χ0) is 12.8. The van der Waals surface area contributed by atoms with Crippen LogP contribution in [0.25, 0.3) is 0 Å². The monoisotopic (exact) mass is 239 g/mol. The number of hydrogen-bond donors (Lipinski definition) is 1. The minimum Gasteiger partial charge on any atom is -0.467 e. The summed E-state index contributed by atoms with van der Waals surface area (Å²) >= 11 is 0. The van der Waals surface area contributed by atoms with Crippen LogP contribution >= 0.6 is 0 Å². The first kappa shape index (κ1) is 13.7. The first-order chi connectivity index (χ1) is 8.04. The Morgan fingerprint density at radius 1 is 1.47 bits per heavy atom. The third-order valence-electron chi connectivity index (χ3n) is 3.00. The third kappa shape index (κ3) is 4.21. The molecule has 0 spiro atoms. The van der Waals surface area contributed by atoms with E-state index in [-0.39, 0.29) is 17.8 Å². The Balaban J connectivity index is 2.46. The van der Waals surface area contributed by atoms with Gasteiger partial charge in [-0.2, -0.15) is 0 Å². The molecule has 0 aliphatic heterocycles. The van der Waals surface area contributed by atoms with Crippen LogP contribution in [0.1, 0.15) is 33.1 Å². The number of allylic oxidation sites excluding steroid dienone is 2. The summed E-state index contributed by atoms with van der Waals surface area (Å²) in [5, 5.41) is 2.75. The number of ether oxygens (including phenoxy) is 1. The van der Waals surface area contributed by atoms with E-state index in [0.717, 1.165) is 12.8 Å². The molecular formula is C13H21NO3. The van der Waals surface area contributed by atoms with Gasteiger partial charge in [-0.25, -0.2) is 4.79 Å². The maximum absolute atomic E-state index is 11.8. The van der Waals surface area contributed by atoms with Crippen LogP contribution in [0.5, 0.6) is 0 Å². The maximum Gasteiger partial charge on any atom is 0.328 e. The molecule has 1 rings (SSSR count). The Morgan fingerprint density at radius 3 is 2.65 bits per heavy atom. The second-order valence-electron chi connectivity index (χ2n) is 4.78. The van der Waals surface area contributed by atoms with Gasteiger partial charge in [-0.1, -0.05) is 26.0 Å². The van der Waals surface area contributed by atoms with Gasteiger partial charge >= 0.3 is 5.97 Å². The smallest absolute Gasteiger partial charge is 0.328 e. The summed E-state index contributed by atoms with van der Waals surface area (Å²) in [5.74, 6) is -0.105. The van der Waals surface area contributed by atoms with Gasteiger partial charge in [0.15, 0.2) is 0 Å². The Hall–Kier alpha value is -1.32. The molecule has 0 fully saturated rings. The number of amides is 1. The van der Waals surface area contributed by atoms with Crippen LogP contribution in [0, 0.1) is 11.8 Å². The summed E-state index contributed by atoms with van der Waals surface area (Å²) in [6, 6.07) is -0.544. The van der Waals surface area contributed by atoms with Crippen molar-refractivity contribution in [3.63, 3.8) is 0 Å². The molecular weight excluding hydrogens is 218 g/mol. The minimum atomic E-state index is -0.544. The number of nitrogens with one attached hydrogen (secondary N) is 1. The lowest BCUT2D eigenvalue weighted by Crippen LogP contribution is -2.45. The summed E-state index contributed by atoms with van der Waals surface area (Å²) in [4.78, 5) is 23.3. The highest BCUT2D eigenvalue weighted by Gasteiger charge is 2.25. The number of methoxy groups -OCH3 is 1. The highest BCUT2D eigenvalue weighted by molar-refractivity contribution is 5.84. The first-order valence-electron chi connectivity index (χ1n) is 6.08. The molecule has 0 saturated carbocycles. The fourth-order valence-corrected chi connectivity index (χ4v) is 1.96. The number of hydrogen-bond acceptors (Lipinski definition) is 3. The van der Waals surface area contributed by atoms with Gasteiger partial charge in [0.1, 0.15) is 6.04 Å². The Morgan fingerprint density at radius 2 is 2.18 bits per heavy atom. The molecule has 0 bridgehead atoms. The average molecular weight is 239 g/mol. The lowest BCUT2D eigenvalue weighted by molar-refractivity contribution is -0.146. The second kappa shape index (κ2) is 6.42. The van der Waals surface area contributed by atoms with Gasteiger partial charge in [0.05, 0.1) is 7.11 Å². The van der Waals surface area contributed by atoms with E-state index >= 15 is 0 Å². The van der Waals surface area contributed by atoms with E-state index in [9.17, 15) is 9.59 Å². The van der Waals surface area contributed by atoms with Gasteiger partial charge in [0.25, 0.3) is 0 Å². The van der Waals surface area contributed by atoms with E-state index in [2.05, 4.69) is 22.2 Å². The van der Waals surface area contributed by atoms with Gasteiger partial charge in [0.2, 0.25) is 5.91 Å². The van der Waals surface area contributed by atoms with Gasteiger partial charge in [-0.05, 0) is 24.7 Å². The van der Waals surface area contributed by atoms with Crippen LogP contribution in [-0.2, 0) is 14.3 Å². The maximum atomic E-state index is 11.8.